The van der Waals surface area contributed by atoms with Crippen LogP contribution in [-0.4, -0.2) is 0 Å². The summed E-state index contributed by atoms with van der Waals surface area (Å²) in [6, 6.07) is 91.1. The Kier molecular flexibility index (Phi) is 9.37. The van der Waals surface area contributed by atoms with Crippen LogP contribution in [0.25, 0.3) is 89.0 Å². The van der Waals surface area contributed by atoms with E-state index in [4.69, 9.17) is 0 Å². The van der Waals surface area contributed by atoms with Gasteiger partial charge in [0.15, 0.2) is 0 Å². The second kappa shape index (κ2) is 15.8. The van der Waals surface area contributed by atoms with Crippen LogP contribution in [0.1, 0.15) is 22.6 Å². The van der Waals surface area contributed by atoms with Gasteiger partial charge in [-0.25, -0.2) is 0 Å². The predicted molar refractivity (Wildman–Crippen MR) is 257 cm³/mol. The maximum absolute atomic E-state index is 2.36. The fourth-order valence-corrected chi connectivity index (χ4v) is 9.26. The predicted octanol–water partition coefficient (Wildman–Crippen LogP) is 16.5. The molecule has 1 aliphatic rings. The lowest BCUT2D eigenvalue weighted by molar-refractivity contribution is 1.02. The molecule has 0 aromatic heterocycles. The molecule has 0 unspecified atom stereocenters. The van der Waals surface area contributed by atoms with Gasteiger partial charge in [-0.05, 0) is 148 Å². The molecule has 0 saturated heterocycles. The van der Waals surface area contributed by atoms with Crippen molar-refractivity contribution in [3.05, 3.63) is 265 Å². The molecule has 10 aromatic carbocycles. The van der Waals surface area contributed by atoms with Crippen LogP contribution in [-0.2, 0) is 0 Å². The van der Waals surface area contributed by atoms with Crippen LogP contribution in [0.15, 0.2) is 249 Å². The first-order valence-electron chi connectivity index (χ1n) is 21.2. The number of hydrogen-bond acceptors (Lipinski definition) is 0. The summed E-state index contributed by atoms with van der Waals surface area (Å²) in [5, 5.41) is 0. The van der Waals surface area contributed by atoms with Crippen LogP contribution in [0.2, 0.25) is 0 Å². The first-order valence-corrected chi connectivity index (χ1v) is 21.2. The quantitative estimate of drug-likeness (QED) is 0.144. The molecule has 1 aliphatic carbocycles. The Hall–Kier alpha value is -7.80. The summed E-state index contributed by atoms with van der Waals surface area (Å²) >= 11 is 0. The van der Waals surface area contributed by atoms with E-state index in [9.17, 15) is 0 Å². The Morgan fingerprint density at radius 1 is 0.180 bits per heavy atom. The number of hydrogen-bond donors (Lipinski definition) is 0. The molecule has 0 N–H and O–H groups in total. The highest BCUT2D eigenvalue weighted by Crippen LogP contribution is 2.48. The topological polar surface area (TPSA) is 0 Å². The molecule has 0 spiro atoms. The van der Waals surface area contributed by atoms with Gasteiger partial charge in [0.05, 0.1) is 0 Å². The van der Waals surface area contributed by atoms with E-state index < -0.39 is 0 Å². The van der Waals surface area contributed by atoms with Crippen molar-refractivity contribution in [2.75, 3.05) is 0 Å². The molecular formula is C61H42. The summed E-state index contributed by atoms with van der Waals surface area (Å²) in [6.07, 6.45) is 0. The standard InChI is InChI=1S/C61H42/c1-4-15-42(16-5-1)51-36-52(43-17-6-2-7-18-43)38-54(37-51)46-29-27-45(28-30-46)49-21-14-22-50(35-49)56-40-53(44-19-8-3-9-20-44)39-55(41-56)47-31-33-48(34-32-47)61-59-25-12-10-23-57(59)58-24-11-13-26-60(58)61/h1-41,61H. The number of rotatable bonds is 8. The molecule has 0 amide bonds. The van der Waals surface area contributed by atoms with E-state index in [1.807, 2.05) is 0 Å². The normalized spacial score (nSPS) is 11.9. The third-order valence-corrected chi connectivity index (χ3v) is 12.3. The second-order valence-electron chi connectivity index (χ2n) is 16.1. The average Bonchev–Trinajstić information content (AvgIpc) is 3.69. The van der Waals surface area contributed by atoms with Crippen molar-refractivity contribution in [2.24, 2.45) is 0 Å². The molecule has 0 bridgehead atoms. The molecule has 0 heteroatoms. The van der Waals surface area contributed by atoms with Gasteiger partial charge in [-0.1, -0.05) is 206 Å². The monoisotopic (exact) mass is 774 g/mol. The van der Waals surface area contributed by atoms with Crippen molar-refractivity contribution < 1.29 is 0 Å². The van der Waals surface area contributed by atoms with Gasteiger partial charge in [0.25, 0.3) is 0 Å². The summed E-state index contributed by atoms with van der Waals surface area (Å²) in [7, 11) is 0. The molecule has 10 aromatic rings. The highest BCUT2D eigenvalue weighted by atomic mass is 14.3. The molecule has 0 aliphatic heterocycles. The Morgan fingerprint density at radius 3 is 0.852 bits per heavy atom. The van der Waals surface area contributed by atoms with E-state index in [2.05, 4.69) is 249 Å². The van der Waals surface area contributed by atoms with Gasteiger partial charge >= 0.3 is 0 Å². The minimum absolute atomic E-state index is 0.232. The average molecular weight is 775 g/mol. The third-order valence-electron chi connectivity index (χ3n) is 12.3. The highest BCUT2D eigenvalue weighted by molar-refractivity contribution is 5.86. The Labute approximate surface area is 358 Å². The maximum Gasteiger partial charge on any atom is 0.0352 e. The molecule has 0 radical (unpaired) electrons. The van der Waals surface area contributed by atoms with Crippen LogP contribution in [0.3, 0.4) is 0 Å². The van der Waals surface area contributed by atoms with Gasteiger partial charge in [0.2, 0.25) is 0 Å². The molecule has 0 nitrogen and oxygen atoms in total. The largest absolute Gasteiger partial charge is 0.0622 e. The molecule has 0 atom stereocenters. The molecular weight excluding hydrogens is 733 g/mol. The van der Waals surface area contributed by atoms with Crippen molar-refractivity contribution in [1.29, 1.82) is 0 Å². The third kappa shape index (κ3) is 7.09. The van der Waals surface area contributed by atoms with E-state index >= 15 is 0 Å². The summed E-state index contributed by atoms with van der Waals surface area (Å²) < 4.78 is 0. The zero-order valence-corrected chi connectivity index (χ0v) is 33.7. The van der Waals surface area contributed by atoms with Crippen molar-refractivity contribution in [1.82, 2.24) is 0 Å². The van der Waals surface area contributed by atoms with Crippen molar-refractivity contribution >= 4 is 0 Å². The van der Waals surface area contributed by atoms with Gasteiger partial charge in [-0.2, -0.15) is 0 Å². The smallest absolute Gasteiger partial charge is 0.0352 e. The molecule has 11 rings (SSSR count). The lowest BCUT2D eigenvalue weighted by Gasteiger charge is -2.16. The van der Waals surface area contributed by atoms with Gasteiger partial charge in [-0.3, -0.25) is 0 Å². The van der Waals surface area contributed by atoms with E-state index in [1.54, 1.807) is 0 Å². The lowest BCUT2D eigenvalue weighted by atomic mass is 9.87. The molecule has 0 heterocycles. The minimum Gasteiger partial charge on any atom is -0.0622 e. The van der Waals surface area contributed by atoms with Gasteiger partial charge < -0.3 is 0 Å². The van der Waals surface area contributed by atoms with Crippen molar-refractivity contribution in [3.63, 3.8) is 0 Å². The van der Waals surface area contributed by atoms with Gasteiger partial charge in [-0.15, -0.1) is 0 Å². The summed E-state index contributed by atoms with van der Waals surface area (Å²) in [6.45, 7) is 0. The Bertz CT molecular complexity index is 3040. The van der Waals surface area contributed by atoms with Gasteiger partial charge in [0.1, 0.15) is 0 Å². The highest BCUT2D eigenvalue weighted by Gasteiger charge is 2.29. The lowest BCUT2D eigenvalue weighted by Crippen LogP contribution is -1.99. The number of benzene rings is 10. The van der Waals surface area contributed by atoms with Crippen LogP contribution in [0.4, 0.5) is 0 Å². The zero-order valence-electron chi connectivity index (χ0n) is 33.7. The van der Waals surface area contributed by atoms with Crippen molar-refractivity contribution in [2.45, 2.75) is 5.92 Å². The second-order valence-corrected chi connectivity index (χ2v) is 16.1. The van der Waals surface area contributed by atoms with Crippen LogP contribution in [0.5, 0.6) is 0 Å². The zero-order chi connectivity index (χ0) is 40.5. The molecule has 61 heavy (non-hydrogen) atoms. The van der Waals surface area contributed by atoms with Crippen LogP contribution < -0.4 is 0 Å². The molecule has 286 valence electrons. The fraction of sp³-hybridized carbons (Fsp3) is 0.0164. The number of fused-ring (bicyclic) bond motifs is 3. The molecule has 0 saturated carbocycles. The van der Waals surface area contributed by atoms with E-state index in [1.165, 1.54) is 106 Å². The SMILES string of the molecule is c1ccc(-c2cc(-c3ccccc3)cc(-c3ccc(-c4cccc(-c5cc(-c6ccccc6)cc(-c6ccc(C7c8ccccc8-c8ccccc87)cc6)c5)c4)cc3)c2)cc1. The summed E-state index contributed by atoms with van der Waals surface area (Å²) in [5.74, 6) is 0.232. The van der Waals surface area contributed by atoms with E-state index in [0.29, 0.717) is 0 Å². The first-order chi connectivity index (χ1) is 30.2. The van der Waals surface area contributed by atoms with Crippen LogP contribution in [0, 0.1) is 0 Å². The minimum atomic E-state index is 0.232. The van der Waals surface area contributed by atoms with Crippen molar-refractivity contribution in [3.8, 4) is 89.0 Å². The van der Waals surface area contributed by atoms with Gasteiger partial charge in [0, 0.05) is 5.92 Å². The first kappa shape index (κ1) is 36.3. The summed E-state index contributed by atoms with van der Waals surface area (Å²) in [4.78, 5) is 0. The van der Waals surface area contributed by atoms with E-state index in [-0.39, 0.29) is 5.92 Å². The van der Waals surface area contributed by atoms with E-state index in [0.717, 1.165) is 0 Å². The Morgan fingerprint density at radius 2 is 0.443 bits per heavy atom. The fourth-order valence-electron chi connectivity index (χ4n) is 9.26. The maximum atomic E-state index is 2.36. The molecule has 0 fully saturated rings. The summed E-state index contributed by atoms with van der Waals surface area (Å²) in [5.41, 5.74) is 23.6. The van der Waals surface area contributed by atoms with Crippen LogP contribution >= 0.6 is 0 Å². The Balaban J connectivity index is 0.933.